The van der Waals surface area contributed by atoms with Gasteiger partial charge in [-0.3, -0.25) is 0 Å². The van der Waals surface area contributed by atoms with Crippen LogP contribution in [0.1, 0.15) is 18.0 Å². The van der Waals surface area contributed by atoms with Gasteiger partial charge in [-0.25, -0.2) is 0 Å². The summed E-state index contributed by atoms with van der Waals surface area (Å²) in [5, 5.41) is 12.2. The molecule has 0 aliphatic rings. The first-order valence-corrected chi connectivity index (χ1v) is 4.88. The number of hydrogen-bond acceptors (Lipinski definition) is 2. The third-order valence-electron chi connectivity index (χ3n) is 2.13. The topological polar surface area (TPSA) is 32.3 Å². The maximum absolute atomic E-state index is 8.93. The summed E-state index contributed by atoms with van der Waals surface area (Å²) in [4.78, 5) is 0. The van der Waals surface area contributed by atoms with Crippen molar-refractivity contribution in [3.63, 3.8) is 0 Å². The van der Waals surface area contributed by atoms with Crippen LogP contribution in [0.4, 0.5) is 0 Å². The van der Waals surface area contributed by atoms with Crippen molar-refractivity contribution in [1.82, 2.24) is 5.32 Å². The molecule has 2 N–H and O–H groups in total. The fourth-order valence-corrected chi connectivity index (χ4v) is 1.43. The lowest BCUT2D eigenvalue weighted by Gasteiger charge is -2.16. The van der Waals surface area contributed by atoms with Crippen LogP contribution < -0.4 is 5.32 Å². The number of halogens is 1. The van der Waals surface area contributed by atoms with Crippen LogP contribution in [0.3, 0.4) is 0 Å². The molecule has 0 bridgehead atoms. The summed E-state index contributed by atoms with van der Waals surface area (Å²) in [5.41, 5.74) is 1.21. The molecule has 0 radical (unpaired) electrons. The highest BCUT2D eigenvalue weighted by Gasteiger charge is 2.07. The van der Waals surface area contributed by atoms with E-state index in [1.807, 2.05) is 24.3 Å². The number of aliphatic hydroxyl groups excluding tert-OH is 1. The van der Waals surface area contributed by atoms with Gasteiger partial charge in [0.2, 0.25) is 0 Å². The van der Waals surface area contributed by atoms with E-state index in [1.165, 1.54) is 5.56 Å². The lowest BCUT2D eigenvalue weighted by atomic mass is 10.0. The van der Waals surface area contributed by atoms with Crippen LogP contribution in [0.5, 0.6) is 0 Å². The molecule has 15 heavy (non-hydrogen) atoms. The van der Waals surface area contributed by atoms with Crippen LogP contribution >= 0.6 is 12.4 Å². The molecule has 0 amide bonds. The molecule has 1 rings (SSSR count). The van der Waals surface area contributed by atoms with E-state index in [9.17, 15) is 0 Å². The second kappa shape index (κ2) is 8.48. The molecule has 0 aromatic heterocycles. The zero-order valence-electron chi connectivity index (χ0n) is 8.73. The molecule has 0 saturated heterocycles. The first-order valence-electron chi connectivity index (χ1n) is 4.88. The molecule has 1 aromatic carbocycles. The van der Waals surface area contributed by atoms with Crippen molar-refractivity contribution in [2.75, 3.05) is 13.2 Å². The maximum Gasteiger partial charge on any atom is 0.0449 e. The molecule has 0 heterocycles. The Balaban J connectivity index is 0.00000196. The van der Waals surface area contributed by atoms with Crippen molar-refractivity contribution in [1.29, 1.82) is 0 Å². The number of rotatable bonds is 6. The van der Waals surface area contributed by atoms with Crippen molar-refractivity contribution >= 4 is 12.4 Å². The molecule has 1 aromatic rings. The van der Waals surface area contributed by atoms with Crippen LogP contribution in [-0.4, -0.2) is 18.3 Å². The van der Waals surface area contributed by atoms with Crippen molar-refractivity contribution in [3.8, 4) is 0 Å². The maximum atomic E-state index is 8.93. The highest BCUT2D eigenvalue weighted by molar-refractivity contribution is 5.85. The first kappa shape index (κ1) is 14.2. The van der Waals surface area contributed by atoms with Gasteiger partial charge in [-0.05, 0) is 12.0 Å². The Bertz CT molecular complexity index is 264. The fourth-order valence-electron chi connectivity index (χ4n) is 1.43. The molecule has 0 fully saturated rings. The number of nitrogens with one attached hydrogen (secondary N) is 1. The molecule has 0 aliphatic carbocycles. The predicted molar refractivity (Wildman–Crippen MR) is 66.3 cm³/mol. The van der Waals surface area contributed by atoms with E-state index in [0.717, 1.165) is 13.0 Å². The summed E-state index contributed by atoms with van der Waals surface area (Å²) in [5.74, 6) is 0. The van der Waals surface area contributed by atoms with Crippen molar-refractivity contribution in [2.45, 2.75) is 12.5 Å². The van der Waals surface area contributed by atoms with Crippen LogP contribution in [-0.2, 0) is 0 Å². The summed E-state index contributed by atoms with van der Waals surface area (Å²) in [7, 11) is 0. The van der Waals surface area contributed by atoms with Gasteiger partial charge in [0, 0.05) is 19.2 Å². The minimum absolute atomic E-state index is 0. The summed E-state index contributed by atoms with van der Waals surface area (Å²) in [6.45, 7) is 4.62. The van der Waals surface area contributed by atoms with Gasteiger partial charge < -0.3 is 10.4 Å². The molecule has 0 spiro atoms. The Morgan fingerprint density at radius 1 is 1.33 bits per heavy atom. The van der Waals surface area contributed by atoms with Gasteiger partial charge in [-0.1, -0.05) is 36.4 Å². The van der Waals surface area contributed by atoms with E-state index in [1.54, 1.807) is 0 Å². The van der Waals surface area contributed by atoms with E-state index in [2.05, 4.69) is 24.0 Å². The second-order valence-electron chi connectivity index (χ2n) is 3.17. The number of hydrogen-bond donors (Lipinski definition) is 2. The number of aliphatic hydroxyl groups is 1. The van der Waals surface area contributed by atoms with Crippen molar-refractivity contribution < 1.29 is 5.11 Å². The van der Waals surface area contributed by atoms with E-state index >= 15 is 0 Å². The highest BCUT2D eigenvalue weighted by atomic mass is 35.5. The predicted octanol–water partition coefficient (Wildman–Crippen LogP) is 2.31. The van der Waals surface area contributed by atoms with Crippen molar-refractivity contribution in [3.05, 3.63) is 48.6 Å². The number of benzene rings is 1. The summed E-state index contributed by atoms with van der Waals surface area (Å²) in [6.07, 6.45) is 2.56. The van der Waals surface area contributed by atoms with Gasteiger partial charge in [0.1, 0.15) is 0 Å². The third-order valence-corrected chi connectivity index (χ3v) is 2.13. The molecule has 0 saturated carbocycles. The van der Waals surface area contributed by atoms with Crippen molar-refractivity contribution in [2.24, 2.45) is 0 Å². The molecule has 84 valence electrons. The lowest BCUT2D eigenvalue weighted by molar-refractivity contribution is 0.267. The Morgan fingerprint density at radius 2 is 2.00 bits per heavy atom. The first-order chi connectivity index (χ1) is 6.88. The largest absolute Gasteiger partial charge is 0.396 e. The minimum Gasteiger partial charge on any atom is -0.396 e. The Morgan fingerprint density at radius 3 is 2.53 bits per heavy atom. The fraction of sp³-hybridized carbons (Fsp3) is 0.333. The molecule has 2 nitrogen and oxygen atoms in total. The van der Waals surface area contributed by atoms with Gasteiger partial charge in [0.05, 0.1) is 0 Å². The smallest absolute Gasteiger partial charge is 0.0449 e. The molecule has 1 atom stereocenters. The van der Waals surface area contributed by atoms with Crippen LogP contribution in [0, 0.1) is 0 Å². The molecule has 3 heteroatoms. The summed E-state index contributed by atoms with van der Waals surface area (Å²) >= 11 is 0. The van der Waals surface area contributed by atoms with E-state index < -0.39 is 0 Å². The molecule has 1 unspecified atom stereocenters. The lowest BCUT2D eigenvalue weighted by Crippen LogP contribution is -2.22. The Hall–Kier alpha value is -0.830. The third kappa shape index (κ3) is 4.98. The summed E-state index contributed by atoms with van der Waals surface area (Å²) < 4.78 is 0. The average molecular weight is 228 g/mol. The standard InChI is InChI=1S/C12H17NO.ClH/c1-2-9-13-12(8-10-14)11-6-4-3-5-7-11;/h2-7,12-14H,1,8-10H2;1H. The Labute approximate surface area is 97.4 Å². The van der Waals surface area contributed by atoms with Crippen LogP contribution in [0.2, 0.25) is 0 Å². The Kier molecular flexibility index (Phi) is 8.01. The average Bonchev–Trinajstić information content (AvgIpc) is 2.25. The molecular formula is C12H18ClNO. The van der Waals surface area contributed by atoms with E-state index in [0.29, 0.717) is 0 Å². The van der Waals surface area contributed by atoms with Gasteiger partial charge in [-0.15, -0.1) is 19.0 Å². The SMILES string of the molecule is C=CCNC(CCO)c1ccccc1.Cl. The van der Waals surface area contributed by atoms with Gasteiger partial charge in [0.25, 0.3) is 0 Å². The normalized spacial score (nSPS) is 11.5. The minimum atomic E-state index is 0. The van der Waals surface area contributed by atoms with Gasteiger partial charge in [0.15, 0.2) is 0 Å². The van der Waals surface area contributed by atoms with E-state index in [-0.39, 0.29) is 25.1 Å². The zero-order valence-corrected chi connectivity index (χ0v) is 9.54. The molecule has 0 aliphatic heterocycles. The van der Waals surface area contributed by atoms with Gasteiger partial charge >= 0.3 is 0 Å². The summed E-state index contributed by atoms with van der Waals surface area (Å²) in [6, 6.07) is 10.4. The second-order valence-corrected chi connectivity index (χ2v) is 3.17. The monoisotopic (exact) mass is 227 g/mol. The molecular weight excluding hydrogens is 210 g/mol. The van der Waals surface area contributed by atoms with Crippen LogP contribution in [0.15, 0.2) is 43.0 Å². The van der Waals surface area contributed by atoms with E-state index in [4.69, 9.17) is 5.11 Å². The van der Waals surface area contributed by atoms with Crippen LogP contribution in [0.25, 0.3) is 0 Å². The zero-order chi connectivity index (χ0) is 10.2. The highest BCUT2D eigenvalue weighted by Crippen LogP contribution is 2.15. The van der Waals surface area contributed by atoms with Gasteiger partial charge in [-0.2, -0.15) is 0 Å². The quantitative estimate of drug-likeness (QED) is 0.731.